The maximum atomic E-state index is 14.2. The number of nitrogens with zero attached hydrogens (tertiary/aromatic N) is 2. The molecule has 0 radical (unpaired) electrons. The van der Waals surface area contributed by atoms with Crippen LogP contribution < -0.4 is 21.3 Å². The summed E-state index contributed by atoms with van der Waals surface area (Å²) in [5.41, 5.74) is 0. The van der Waals surface area contributed by atoms with Crippen molar-refractivity contribution >= 4 is 41.4 Å². The highest BCUT2D eigenvalue weighted by Gasteiger charge is 2.42. The summed E-state index contributed by atoms with van der Waals surface area (Å²) < 4.78 is 0. The number of Topliss-reactive ketones (excluding diaryl/α,β-unsaturated/α-hetero) is 1. The molecule has 1 saturated carbocycles. The molecule has 4 N–H and O–H groups in total. The molecule has 0 aromatic carbocycles. The lowest BCUT2D eigenvalue weighted by Crippen LogP contribution is -2.60. The van der Waals surface area contributed by atoms with E-state index in [-0.39, 0.29) is 49.1 Å². The fraction of sp³-hybridized carbons (Fsp3) is 0.727. The SMILES string of the molecule is C=CCNC(=O)C(=O)C(CCC)NC(=O)C1CCCN1C(=O)C(NC(=O)NC(CN1C(=O)CCCC1=O)C(C)C)C1CCCCC1. The second-order valence-corrected chi connectivity index (χ2v) is 13.0. The van der Waals surface area contributed by atoms with Gasteiger partial charge in [0.25, 0.3) is 5.91 Å². The highest BCUT2D eigenvalue weighted by atomic mass is 16.2. The minimum atomic E-state index is -1.02. The van der Waals surface area contributed by atoms with Crippen LogP contribution in [0.2, 0.25) is 0 Å². The monoisotopic (exact) mass is 644 g/mol. The highest BCUT2D eigenvalue weighted by molar-refractivity contribution is 6.38. The van der Waals surface area contributed by atoms with Crippen molar-refractivity contribution in [1.29, 1.82) is 0 Å². The fourth-order valence-corrected chi connectivity index (χ4v) is 6.54. The number of hydrogen-bond donors (Lipinski definition) is 4. The molecule has 2 saturated heterocycles. The van der Waals surface area contributed by atoms with Gasteiger partial charge in [0.1, 0.15) is 12.1 Å². The number of piperidine rings is 1. The van der Waals surface area contributed by atoms with Crippen LogP contribution >= 0.6 is 0 Å². The van der Waals surface area contributed by atoms with Crippen LogP contribution in [-0.4, -0.2) is 95.0 Å². The van der Waals surface area contributed by atoms with E-state index in [0.717, 1.165) is 32.1 Å². The van der Waals surface area contributed by atoms with Crippen molar-refractivity contribution in [1.82, 2.24) is 31.1 Å². The van der Waals surface area contributed by atoms with Gasteiger partial charge >= 0.3 is 6.03 Å². The van der Waals surface area contributed by atoms with E-state index in [1.165, 1.54) is 15.9 Å². The van der Waals surface area contributed by atoms with Crippen LogP contribution in [-0.2, 0) is 28.8 Å². The number of hydrogen-bond acceptors (Lipinski definition) is 7. The maximum Gasteiger partial charge on any atom is 0.315 e. The molecule has 3 aliphatic rings. The summed E-state index contributed by atoms with van der Waals surface area (Å²) in [6.45, 7) is 9.65. The molecular formula is C33H52N6O7. The number of ketones is 1. The average molecular weight is 645 g/mol. The Morgan fingerprint density at radius 1 is 0.913 bits per heavy atom. The quantitative estimate of drug-likeness (QED) is 0.120. The first-order valence-electron chi connectivity index (χ1n) is 16.9. The van der Waals surface area contributed by atoms with Crippen LogP contribution in [0.5, 0.6) is 0 Å². The second kappa shape index (κ2) is 17.8. The molecule has 3 fully saturated rings. The number of urea groups is 1. The topological polar surface area (TPSA) is 174 Å². The average Bonchev–Trinajstić information content (AvgIpc) is 3.53. The van der Waals surface area contributed by atoms with Gasteiger partial charge in [0.05, 0.1) is 12.1 Å². The fourth-order valence-electron chi connectivity index (χ4n) is 6.54. The zero-order chi connectivity index (χ0) is 33.8. The smallest absolute Gasteiger partial charge is 0.315 e. The number of rotatable bonds is 15. The predicted octanol–water partition coefficient (Wildman–Crippen LogP) is 1.95. The summed E-state index contributed by atoms with van der Waals surface area (Å²) in [6.07, 6.45) is 8.74. The first-order valence-corrected chi connectivity index (χ1v) is 16.9. The van der Waals surface area contributed by atoms with Crippen LogP contribution in [0.1, 0.15) is 97.8 Å². The summed E-state index contributed by atoms with van der Waals surface area (Å²) in [5, 5.41) is 11.0. The van der Waals surface area contributed by atoms with Crippen LogP contribution in [0.4, 0.5) is 4.79 Å². The molecule has 13 nitrogen and oxygen atoms in total. The number of nitrogens with one attached hydrogen (secondary N) is 4. The molecule has 7 amide bonds. The van der Waals surface area contributed by atoms with Gasteiger partial charge in [0, 0.05) is 32.5 Å². The predicted molar refractivity (Wildman–Crippen MR) is 171 cm³/mol. The van der Waals surface area contributed by atoms with E-state index < -0.39 is 47.8 Å². The molecule has 1 aliphatic carbocycles. The molecular weight excluding hydrogens is 592 g/mol. The zero-order valence-electron chi connectivity index (χ0n) is 27.6. The Morgan fingerprint density at radius 2 is 1.59 bits per heavy atom. The van der Waals surface area contributed by atoms with Crippen molar-refractivity contribution in [3.63, 3.8) is 0 Å². The van der Waals surface area contributed by atoms with Gasteiger partial charge in [-0.05, 0) is 50.4 Å². The lowest BCUT2D eigenvalue weighted by Gasteiger charge is -2.36. The second-order valence-electron chi connectivity index (χ2n) is 13.0. The Hall–Kier alpha value is -3.77. The maximum absolute atomic E-state index is 14.2. The van der Waals surface area contributed by atoms with Gasteiger partial charge in [0.15, 0.2) is 0 Å². The van der Waals surface area contributed by atoms with Gasteiger partial charge in [0.2, 0.25) is 29.4 Å². The normalized spacial score (nSPS) is 20.9. The third-order valence-corrected chi connectivity index (χ3v) is 9.24. The van der Waals surface area contributed by atoms with E-state index in [0.29, 0.717) is 45.1 Å². The van der Waals surface area contributed by atoms with Crippen molar-refractivity contribution in [3.05, 3.63) is 12.7 Å². The van der Waals surface area contributed by atoms with E-state index in [1.54, 1.807) is 0 Å². The molecule has 256 valence electrons. The largest absolute Gasteiger partial charge is 0.346 e. The molecule has 0 aromatic heterocycles. The van der Waals surface area contributed by atoms with Crippen molar-refractivity contribution in [2.24, 2.45) is 11.8 Å². The van der Waals surface area contributed by atoms with Gasteiger partial charge in [-0.3, -0.25) is 33.7 Å². The standard InChI is InChI=1S/C33H52N6O7/c1-5-12-23(29(42)31(44)34-18-6-2)35-30(43)25-15-11-19-38(25)32(45)28(22-13-8-7-9-14-22)37-33(46)36-24(21(3)4)20-39-26(40)16-10-17-27(39)41/h6,21-25,28H,2,5,7-20H2,1,3-4H3,(H,34,44)(H,35,43)(H2,36,37,46). The first-order chi connectivity index (χ1) is 22.0. The number of amides is 7. The Labute approximate surface area is 272 Å². The van der Waals surface area contributed by atoms with Crippen molar-refractivity contribution < 1.29 is 33.6 Å². The zero-order valence-corrected chi connectivity index (χ0v) is 27.6. The molecule has 46 heavy (non-hydrogen) atoms. The van der Waals surface area contributed by atoms with Gasteiger partial charge in [-0.1, -0.05) is 52.5 Å². The number of carbonyl (C=O) groups excluding carboxylic acids is 7. The van der Waals surface area contributed by atoms with E-state index in [4.69, 9.17) is 0 Å². The summed E-state index contributed by atoms with van der Waals surface area (Å²) in [5.74, 6) is -3.14. The number of likely N-dealkylation sites (tertiary alicyclic amines) is 2. The van der Waals surface area contributed by atoms with Crippen LogP contribution in [0.15, 0.2) is 12.7 Å². The molecule has 4 unspecified atom stereocenters. The highest BCUT2D eigenvalue weighted by Crippen LogP contribution is 2.29. The lowest BCUT2D eigenvalue weighted by molar-refractivity contribution is -0.148. The molecule has 0 spiro atoms. The molecule has 0 bridgehead atoms. The van der Waals surface area contributed by atoms with Gasteiger partial charge in [-0.15, -0.1) is 6.58 Å². The Balaban J connectivity index is 1.74. The van der Waals surface area contributed by atoms with Gasteiger partial charge < -0.3 is 26.2 Å². The molecule has 0 aromatic rings. The van der Waals surface area contributed by atoms with E-state index in [1.807, 2.05) is 20.8 Å². The van der Waals surface area contributed by atoms with Crippen molar-refractivity contribution in [2.45, 2.75) is 122 Å². The minimum absolute atomic E-state index is 0.0580. The van der Waals surface area contributed by atoms with Crippen LogP contribution in [0.25, 0.3) is 0 Å². The van der Waals surface area contributed by atoms with E-state index >= 15 is 0 Å². The molecule has 4 atom stereocenters. The third-order valence-electron chi connectivity index (χ3n) is 9.24. The van der Waals surface area contributed by atoms with Crippen LogP contribution in [0.3, 0.4) is 0 Å². The summed E-state index contributed by atoms with van der Waals surface area (Å²) in [4.78, 5) is 93.8. The Morgan fingerprint density at radius 3 is 2.20 bits per heavy atom. The minimum Gasteiger partial charge on any atom is -0.346 e. The van der Waals surface area contributed by atoms with E-state index in [2.05, 4.69) is 27.8 Å². The first kappa shape index (κ1) is 36.7. The Kier molecular flexibility index (Phi) is 14.2. The lowest BCUT2D eigenvalue weighted by atomic mass is 9.83. The van der Waals surface area contributed by atoms with Crippen molar-refractivity contribution in [2.75, 3.05) is 19.6 Å². The van der Waals surface area contributed by atoms with Crippen LogP contribution in [0, 0.1) is 11.8 Å². The molecule has 13 heteroatoms. The Bertz CT molecular complexity index is 1140. The summed E-state index contributed by atoms with van der Waals surface area (Å²) >= 11 is 0. The molecule has 3 rings (SSSR count). The van der Waals surface area contributed by atoms with Gasteiger partial charge in [-0.25, -0.2) is 4.79 Å². The number of imide groups is 1. The van der Waals surface area contributed by atoms with Crippen molar-refractivity contribution in [3.8, 4) is 0 Å². The summed E-state index contributed by atoms with van der Waals surface area (Å²) in [6, 6.07) is -3.83. The molecule has 2 heterocycles. The van der Waals surface area contributed by atoms with Gasteiger partial charge in [-0.2, -0.15) is 0 Å². The summed E-state index contributed by atoms with van der Waals surface area (Å²) in [7, 11) is 0. The van der Waals surface area contributed by atoms with E-state index in [9.17, 15) is 33.6 Å². The number of carbonyl (C=O) groups is 7. The third kappa shape index (κ3) is 9.86. The molecule has 2 aliphatic heterocycles.